The van der Waals surface area contributed by atoms with Gasteiger partial charge < -0.3 is 19.5 Å². The Morgan fingerprint density at radius 3 is 2.86 bits per heavy atom. The summed E-state index contributed by atoms with van der Waals surface area (Å²) in [6, 6.07) is 5.37. The van der Waals surface area contributed by atoms with Crippen molar-refractivity contribution in [3.63, 3.8) is 0 Å². The molecule has 0 aliphatic carbocycles. The van der Waals surface area contributed by atoms with Crippen LogP contribution in [-0.4, -0.2) is 75.1 Å². The van der Waals surface area contributed by atoms with Crippen LogP contribution in [0.4, 0.5) is 19.0 Å². The molecule has 0 amide bonds. The van der Waals surface area contributed by atoms with Crippen molar-refractivity contribution in [1.82, 2.24) is 19.9 Å². The van der Waals surface area contributed by atoms with E-state index < -0.39 is 23.3 Å². The number of pyridine rings is 1. The molecule has 0 spiro atoms. The van der Waals surface area contributed by atoms with E-state index in [1.54, 1.807) is 0 Å². The molecule has 8 rings (SSSR count). The Labute approximate surface area is 251 Å². The number of alkyl halides is 1. The van der Waals surface area contributed by atoms with Crippen LogP contribution < -0.4 is 14.4 Å². The first-order valence-electron chi connectivity index (χ1n) is 15.0. The van der Waals surface area contributed by atoms with Gasteiger partial charge in [-0.2, -0.15) is 9.97 Å². The molecule has 0 radical (unpaired) electrons. The molecular formula is C33H30F3N5O3. The predicted molar refractivity (Wildman–Crippen MR) is 159 cm³/mol. The summed E-state index contributed by atoms with van der Waals surface area (Å²) < 4.78 is 58.8. The smallest absolute Gasteiger partial charge is 0.319 e. The average Bonchev–Trinajstić information content (AvgIpc) is 3.70. The summed E-state index contributed by atoms with van der Waals surface area (Å²) in [6.45, 7) is 4.00. The largest absolute Gasteiger partial charge is 0.508 e. The molecule has 3 saturated heterocycles. The van der Waals surface area contributed by atoms with E-state index >= 15 is 4.39 Å². The van der Waals surface area contributed by atoms with Crippen molar-refractivity contribution in [2.45, 2.75) is 62.9 Å². The molecule has 4 atom stereocenters. The minimum absolute atomic E-state index is 0.0191. The lowest BCUT2D eigenvalue weighted by molar-refractivity contribution is 0.107. The number of phenolic OH excluding ortho intramolecular Hbond substituents is 1. The molecule has 2 aromatic heterocycles. The van der Waals surface area contributed by atoms with E-state index in [4.69, 9.17) is 20.9 Å². The fraction of sp³-hybridized carbons (Fsp3) is 0.424. The molecule has 8 nitrogen and oxygen atoms in total. The summed E-state index contributed by atoms with van der Waals surface area (Å²) in [5.41, 5.74) is -0.683. The third kappa shape index (κ3) is 4.00. The number of aromatic hydroxyl groups is 1. The number of aromatic nitrogens is 3. The zero-order valence-corrected chi connectivity index (χ0v) is 24.1. The Morgan fingerprint density at radius 2 is 2.02 bits per heavy atom. The van der Waals surface area contributed by atoms with Crippen molar-refractivity contribution in [3.8, 4) is 41.2 Å². The summed E-state index contributed by atoms with van der Waals surface area (Å²) in [5, 5.41) is 11.6. The summed E-state index contributed by atoms with van der Waals surface area (Å²) >= 11 is 0. The highest BCUT2D eigenvalue weighted by Crippen LogP contribution is 2.46. The van der Waals surface area contributed by atoms with Crippen molar-refractivity contribution >= 4 is 27.5 Å². The first kappa shape index (κ1) is 27.3. The van der Waals surface area contributed by atoms with Crippen LogP contribution in [0.2, 0.25) is 0 Å². The number of halogens is 3. The third-order valence-electron chi connectivity index (χ3n) is 9.81. The quantitative estimate of drug-likeness (QED) is 0.307. The normalized spacial score (nSPS) is 26.0. The van der Waals surface area contributed by atoms with Crippen molar-refractivity contribution in [3.05, 3.63) is 41.5 Å². The fourth-order valence-corrected chi connectivity index (χ4v) is 7.84. The maximum atomic E-state index is 16.9. The number of terminal acetylenes is 1. The second-order valence-corrected chi connectivity index (χ2v) is 12.4. The van der Waals surface area contributed by atoms with Crippen LogP contribution in [0.5, 0.6) is 17.6 Å². The van der Waals surface area contributed by atoms with Crippen LogP contribution in [-0.2, 0) is 0 Å². The number of fused-ring (bicyclic) bond motifs is 4. The van der Waals surface area contributed by atoms with Gasteiger partial charge in [-0.3, -0.25) is 4.90 Å². The minimum atomic E-state index is -0.923. The summed E-state index contributed by atoms with van der Waals surface area (Å²) in [5.74, 6) is 1.34. The number of rotatable bonds is 4. The number of phenols is 1. The molecule has 0 unspecified atom stereocenters. The molecule has 4 aliphatic heterocycles. The fourth-order valence-electron chi connectivity index (χ4n) is 7.84. The number of anilines is 1. The maximum Gasteiger partial charge on any atom is 0.319 e. The molecule has 4 aromatic rings. The van der Waals surface area contributed by atoms with Gasteiger partial charge in [0.05, 0.1) is 17.1 Å². The maximum absolute atomic E-state index is 16.9. The zero-order chi connectivity index (χ0) is 30.3. The Morgan fingerprint density at radius 1 is 1.16 bits per heavy atom. The Hall–Kier alpha value is -4.30. The second-order valence-electron chi connectivity index (χ2n) is 12.4. The molecule has 3 fully saturated rings. The first-order valence-corrected chi connectivity index (χ1v) is 15.0. The number of nitrogens with zero attached hydrogens (tertiary/aromatic N) is 5. The van der Waals surface area contributed by atoms with Crippen molar-refractivity contribution < 1.29 is 27.8 Å². The monoisotopic (exact) mass is 601 g/mol. The molecule has 44 heavy (non-hydrogen) atoms. The lowest BCUT2D eigenvalue weighted by atomic mass is 9.95. The summed E-state index contributed by atoms with van der Waals surface area (Å²) in [6.07, 6.45) is 8.36. The Bertz CT molecular complexity index is 1900. The van der Waals surface area contributed by atoms with Crippen LogP contribution in [0.3, 0.4) is 0 Å². The topological polar surface area (TPSA) is 83.8 Å². The Balaban J connectivity index is 1.34. The van der Waals surface area contributed by atoms with E-state index in [1.165, 1.54) is 24.3 Å². The minimum Gasteiger partial charge on any atom is -0.508 e. The van der Waals surface area contributed by atoms with Gasteiger partial charge in [0.2, 0.25) is 5.88 Å². The number of ether oxygens (including phenoxy) is 2. The molecule has 1 N–H and O–H groups in total. The molecule has 6 heterocycles. The standard InChI is InChI=1S/C33H30F3N5O3/c1-3-21-23(35)8-7-18-12-20(42)13-22(25(18)21)28-27(36)29-26-30(41-11-4-6-24(41)17(2)44-31(26)37-28)39-32(38-29)43-16-33-9-5-10-40(33)15-19(34)14-33/h1,7-8,12-13,17,19,24,42H,4-6,9-11,14-16H2,2H3/t17-,19+,24-,33-/m0/s1. The molecule has 4 aliphatic rings. The van der Waals surface area contributed by atoms with Gasteiger partial charge in [-0.15, -0.1) is 6.42 Å². The van der Waals surface area contributed by atoms with Crippen LogP contribution in [0.1, 0.15) is 44.6 Å². The van der Waals surface area contributed by atoms with Gasteiger partial charge in [-0.25, -0.2) is 18.2 Å². The van der Waals surface area contributed by atoms with E-state index in [0.29, 0.717) is 36.1 Å². The van der Waals surface area contributed by atoms with Gasteiger partial charge in [0.1, 0.15) is 52.9 Å². The molecule has 0 bridgehead atoms. The Kier molecular flexibility index (Phi) is 6.11. The summed E-state index contributed by atoms with van der Waals surface area (Å²) in [4.78, 5) is 18.2. The average molecular weight is 602 g/mol. The highest BCUT2D eigenvalue weighted by atomic mass is 19.1. The van der Waals surface area contributed by atoms with Gasteiger partial charge in [0.25, 0.3) is 0 Å². The number of benzene rings is 2. The van der Waals surface area contributed by atoms with Gasteiger partial charge >= 0.3 is 6.01 Å². The number of hydrogen-bond acceptors (Lipinski definition) is 8. The molecule has 0 saturated carbocycles. The highest BCUT2D eigenvalue weighted by molar-refractivity contribution is 6.04. The van der Waals surface area contributed by atoms with Crippen LogP contribution in [0.25, 0.3) is 32.9 Å². The van der Waals surface area contributed by atoms with Crippen LogP contribution >= 0.6 is 0 Å². The lowest BCUT2D eigenvalue weighted by Crippen LogP contribution is -2.43. The van der Waals surface area contributed by atoms with Crippen molar-refractivity contribution in [2.75, 3.05) is 31.1 Å². The van der Waals surface area contributed by atoms with Crippen LogP contribution in [0, 0.1) is 24.0 Å². The highest BCUT2D eigenvalue weighted by Gasteiger charge is 2.49. The van der Waals surface area contributed by atoms with Gasteiger partial charge in [-0.1, -0.05) is 12.0 Å². The predicted octanol–water partition coefficient (Wildman–Crippen LogP) is 5.52. The van der Waals surface area contributed by atoms with E-state index in [2.05, 4.69) is 25.7 Å². The van der Waals surface area contributed by atoms with E-state index in [0.717, 1.165) is 32.2 Å². The first-order chi connectivity index (χ1) is 21.3. The van der Waals surface area contributed by atoms with Gasteiger partial charge in [-0.05, 0) is 62.7 Å². The SMILES string of the molecule is C#Cc1c(F)ccc2cc(O)cc(-c3nc4c5c(nc(OC[C@@]67CCCN6C[C@H](F)C7)nc5c3F)N3CCC[C@H]3[C@H](C)O4)c12. The lowest BCUT2D eigenvalue weighted by Gasteiger charge is -2.31. The molecule has 11 heteroatoms. The molecular weight excluding hydrogens is 571 g/mol. The van der Waals surface area contributed by atoms with E-state index in [-0.39, 0.29) is 64.1 Å². The van der Waals surface area contributed by atoms with Crippen molar-refractivity contribution in [1.29, 1.82) is 0 Å². The molecule has 2 aromatic carbocycles. The number of hydrogen-bond donors (Lipinski definition) is 1. The van der Waals surface area contributed by atoms with Gasteiger partial charge in [0, 0.05) is 30.5 Å². The van der Waals surface area contributed by atoms with E-state index in [9.17, 15) is 13.9 Å². The third-order valence-corrected chi connectivity index (χ3v) is 9.81. The second kappa shape index (κ2) is 9.86. The van der Waals surface area contributed by atoms with Crippen molar-refractivity contribution in [2.24, 2.45) is 0 Å². The summed E-state index contributed by atoms with van der Waals surface area (Å²) in [7, 11) is 0. The molecule has 226 valence electrons. The van der Waals surface area contributed by atoms with E-state index in [1.807, 2.05) is 6.92 Å². The zero-order valence-electron chi connectivity index (χ0n) is 24.1. The van der Waals surface area contributed by atoms with Crippen LogP contribution in [0.15, 0.2) is 24.3 Å². The van der Waals surface area contributed by atoms with Gasteiger partial charge in [0.15, 0.2) is 5.82 Å².